The van der Waals surface area contributed by atoms with E-state index in [1.807, 2.05) is 36.4 Å². The minimum atomic E-state index is -1.05. The van der Waals surface area contributed by atoms with Gasteiger partial charge in [0.15, 0.2) is 0 Å². The van der Waals surface area contributed by atoms with E-state index in [9.17, 15) is 5.11 Å². The van der Waals surface area contributed by atoms with Gasteiger partial charge in [0.1, 0.15) is 22.7 Å². The quantitative estimate of drug-likeness (QED) is 0.217. The first-order valence-electron chi connectivity index (χ1n) is 18.3. The molecular weight excluding hydrogens is 635 g/mol. The molecule has 0 aromatic carbocycles. The molecule has 4 nitrogen and oxygen atoms in total. The van der Waals surface area contributed by atoms with Gasteiger partial charge >= 0.3 is 0 Å². The Morgan fingerprint density at radius 2 is 0.923 bits per heavy atom. The number of nitrogens with zero attached hydrogens (tertiary/aromatic N) is 3. The molecule has 0 amide bonds. The number of pyridine rings is 3. The fraction of sp³-hybridized carbons (Fsp3) is 0.354. The highest BCUT2D eigenvalue weighted by molar-refractivity contribution is 5.51. The van der Waals surface area contributed by atoms with E-state index in [1.165, 1.54) is 0 Å². The molecule has 0 aliphatic rings. The SMILES string of the molecule is C#Cc1ccc(C#C/C(CCC)=C(\C#Cc2ccc(C#C/C(CCC)=C(/C#Cc3ccc(C#CC(C)(C)O)cn3)CCCC)cn2)CCCC)cn1. The molecule has 3 heterocycles. The summed E-state index contributed by atoms with van der Waals surface area (Å²) in [7, 11) is 0. The largest absolute Gasteiger partial charge is 0.378 e. The van der Waals surface area contributed by atoms with Gasteiger partial charge in [-0.1, -0.05) is 107 Å². The maximum absolute atomic E-state index is 9.87. The average molecular weight is 684 g/mol. The van der Waals surface area contributed by atoms with Gasteiger partial charge in [0.2, 0.25) is 0 Å². The molecule has 4 heteroatoms. The summed E-state index contributed by atoms with van der Waals surface area (Å²) in [5.74, 6) is 35.0. The molecule has 0 saturated heterocycles. The molecule has 3 aromatic rings. The van der Waals surface area contributed by atoms with Crippen LogP contribution in [0.1, 0.15) is 140 Å². The molecule has 3 rings (SSSR count). The Morgan fingerprint density at radius 3 is 1.27 bits per heavy atom. The van der Waals surface area contributed by atoms with Crippen LogP contribution in [0.2, 0.25) is 0 Å². The van der Waals surface area contributed by atoms with E-state index < -0.39 is 5.60 Å². The molecule has 0 bridgehead atoms. The summed E-state index contributed by atoms with van der Waals surface area (Å²) in [6.07, 6.45) is 20.2. The maximum Gasteiger partial charge on any atom is 0.120 e. The maximum atomic E-state index is 9.87. The van der Waals surface area contributed by atoms with Crippen molar-refractivity contribution in [1.82, 2.24) is 15.0 Å². The van der Waals surface area contributed by atoms with E-state index in [1.54, 1.807) is 32.4 Å². The highest BCUT2D eigenvalue weighted by atomic mass is 16.3. The van der Waals surface area contributed by atoms with Crippen LogP contribution in [0.25, 0.3) is 0 Å². The van der Waals surface area contributed by atoms with Gasteiger partial charge in [0.25, 0.3) is 0 Å². The second-order valence-electron chi connectivity index (χ2n) is 12.9. The van der Waals surface area contributed by atoms with Crippen molar-refractivity contribution in [2.75, 3.05) is 0 Å². The lowest BCUT2D eigenvalue weighted by Gasteiger charge is -2.05. The molecule has 52 heavy (non-hydrogen) atoms. The number of hydrogen-bond donors (Lipinski definition) is 1. The van der Waals surface area contributed by atoms with Crippen LogP contribution in [0.4, 0.5) is 0 Å². The number of unbranched alkanes of at least 4 members (excludes halogenated alkanes) is 2. The zero-order valence-corrected chi connectivity index (χ0v) is 31.6. The first-order valence-corrected chi connectivity index (χ1v) is 18.3. The Morgan fingerprint density at radius 1 is 0.538 bits per heavy atom. The molecule has 0 radical (unpaired) electrons. The monoisotopic (exact) mass is 683 g/mol. The fourth-order valence-corrected chi connectivity index (χ4v) is 4.80. The van der Waals surface area contributed by atoms with Gasteiger partial charge in [-0.3, -0.25) is 0 Å². The van der Waals surface area contributed by atoms with Gasteiger partial charge in [-0.2, -0.15) is 0 Å². The second kappa shape index (κ2) is 22.1. The van der Waals surface area contributed by atoms with E-state index in [-0.39, 0.29) is 0 Å². The van der Waals surface area contributed by atoms with Crippen molar-refractivity contribution in [2.24, 2.45) is 0 Å². The molecule has 0 saturated carbocycles. The Kier molecular flexibility index (Phi) is 17.3. The summed E-state index contributed by atoms with van der Waals surface area (Å²) in [5, 5.41) is 9.87. The van der Waals surface area contributed by atoms with Crippen molar-refractivity contribution >= 4 is 0 Å². The van der Waals surface area contributed by atoms with Gasteiger partial charge in [0, 0.05) is 57.6 Å². The summed E-state index contributed by atoms with van der Waals surface area (Å²) >= 11 is 0. The first-order chi connectivity index (χ1) is 25.2. The van der Waals surface area contributed by atoms with E-state index in [0.29, 0.717) is 17.1 Å². The number of aliphatic hydroxyl groups is 1. The topological polar surface area (TPSA) is 58.9 Å². The molecule has 0 fully saturated rings. The third-order valence-electron chi connectivity index (χ3n) is 7.64. The second-order valence-corrected chi connectivity index (χ2v) is 12.9. The number of rotatable bonds is 10. The van der Waals surface area contributed by atoms with Crippen LogP contribution in [0, 0.1) is 71.5 Å². The van der Waals surface area contributed by atoms with Gasteiger partial charge in [-0.15, -0.1) is 6.42 Å². The lowest BCUT2D eigenvalue weighted by atomic mass is 9.98. The Labute approximate surface area is 313 Å². The molecule has 3 aromatic heterocycles. The summed E-state index contributed by atoms with van der Waals surface area (Å²) in [6.45, 7) is 12.0. The summed E-state index contributed by atoms with van der Waals surface area (Å²) in [5.41, 5.74) is 7.53. The van der Waals surface area contributed by atoms with Crippen LogP contribution in [0.3, 0.4) is 0 Å². The molecule has 262 valence electrons. The first kappa shape index (κ1) is 40.7. The summed E-state index contributed by atoms with van der Waals surface area (Å²) in [4.78, 5) is 13.4. The van der Waals surface area contributed by atoms with E-state index in [4.69, 9.17) is 6.42 Å². The average Bonchev–Trinajstić information content (AvgIpc) is 3.15. The highest BCUT2D eigenvalue weighted by Gasteiger charge is 2.07. The highest BCUT2D eigenvalue weighted by Crippen LogP contribution is 2.18. The lowest BCUT2D eigenvalue weighted by molar-refractivity contribution is 0.143. The molecule has 0 aliphatic heterocycles. The standard InChI is InChI=1S/C48H49N3O/c1-8-13-17-43(41(15-10-3)24-19-38-21-28-45(12-5)49-35-38)26-31-46-29-22-39(36-50-46)20-25-42(16-11-4)44(18-14-9-2)27-32-47-30-23-40(37-51-47)33-34-48(6,7)52/h5,21-23,28-30,35-37,52H,8-11,13-18H2,1-4,6-7H3/b43-41-,44-42+. The zero-order chi connectivity index (χ0) is 37.6. The Hall–Kier alpha value is -5.75. The van der Waals surface area contributed by atoms with Crippen LogP contribution in [-0.4, -0.2) is 25.7 Å². The van der Waals surface area contributed by atoms with Crippen LogP contribution in [-0.2, 0) is 0 Å². The van der Waals surface area contributed by atoms with Crippen molar-refractivity contribution in [1.29, 1.82) is 0 Å². The lowest BCUT2D eigenvalue weighted by Crippen LogP contribution is -2.14. The molecule has 0 atom stereocenters. The minimum Gasteiger partial charge on any atom is -0.378 e. The van der Waals surface area contributed by atoms with Gasteiger partial charge in [-0.05, 0) is 101 Å². The molecule has 0 aliphatic carbocycles. The van der Waals surface area contributed by atoms with Gasteiger partial charge in [0.05, 0.1) is 0 Å². The van der Waals surface area contributed by atoms with E-state index in [0.717, 1.165) is 103 Å². The van der Waals surface area contributed by atoms with Crippen LogP contribution >= 0.6 is 0 Å². The summed E-state index contributed by atoms with van der Waals surface area (Å²) < 4.78 is 0. The van der Waals surface area contributed by atoms with Crippen LogP contribution in [0.5, 0.6) is 0 Å². The van der Waals surface area contributed by atoms with E-state index in [2.05, 4.69) is 108 Å². The smallest absolute Gasteiger partial charge is 0.120 e. The Bertz CT molecular complexity index is 2060. The van der Waals surface area contributed by atoms with Crippen LogP contribution < -0.4 is 0 Å². The van der Waals surface area contributed by atoms with Crippen molar-refractivity contribution in [3.63, 3.8) is 0 Å². The number of hydrogen-bond acceptors (Lipinski definition) is 4. The van der Waals surface area contributed by atoms with Crippen molar-refractivity contribution in [2.45, 2.75) is 111 Å². The van der Waals surface area contributed by atoms with E-state index >= 15 is 0 Å². The number of aromatic nitrogens is 3. The van der Waals surface area contributed by atoms with Gasteiger partial charge < -0.3 is 5.11 Å². The van der Waals surface area contributed by atoms with Gasteiger partial charge in [-0.25, -0.2) is 15.0 Å². The molecule has 0 unspecified atom stereocenters. The number of allylic oxidation sites excluding steroid dienone is 4. The third-order valence-corrected chi connectivity index (χ3v) is 7.64. The fourth-order valence-electron chi connectivity index (χ4n) is 4.80. The van der Waals surface area contributed by atoms with Crippen molar-refractivity contribution in [3.8, 4) is 71.5 Å². The zero-order valence-electron chi connectivity index (χ0n) is 31.6. The third kappa shape index (κ3) is 15.0. The predicted molar refractivity (Wildman–Crippen MR) is 214 cm³/mol. The normalized spacial score (nSPS) is 11.2. The predicted octanol–water partition coefficient (Wildman–Crippen LogP) is 9.36. The number of terminal acetylenes is 1. The molecule has 0 spiro atoms. The van der Waals surface area contributed by atoms with Crippen LogP contribution in [0.15, 0.2) is 77.3 Å². The minimum absolute atomic E-state index is 0.598. The summed E-state index contributed by atoms with van der Waals surface area (Å²) in [6, 6.07) is 11.4. The van der Waals surface area contributed by atoms with Crippen molar-refractivity contribution in [3.05, 3.63) is 111 Å². The molecular formula is C48H49N3O. The molecule has 1 N–H and O–H groups in total. The van der Waals surface area contributed by atoms with Crippen molar-refractivity contribution < 1.29 is 5.11 Å². The Balaban J connectivity index is 1.90.